The van der Waals surface area contributed by atoms with E-state index in [4.69, 9.17) is 5.11 Å². The number of nitrogens with zero attached hydrogens (tertiary/aromatic N) is 1. The molecule has 2 N–H and O–H groups in total. The molecule has 1 atom stereocenters. The summed E-state index contributed by atoms with van der Waals surface area (Å²) in [5.41, 5.74) is 3.41. The Morgan fingerprint density at radius 1 is 1.21 bits per heavy atom. The number of para-hydroxylation sites is 1. The fourth-order valence-corrected chi connectivity index (χ4v) is 3.02. The Labute approximate surface area is 141 Å². The lowest BCUT2D eigenvalue weighted by atomic mass is 10.1. The second-order valence-corrected chi connectivity index (χ2v) is 5.96. The number of benzene rings is 2. The first-order valence-corrected chi connectivity index (χ1v) is 8.24. The largest absolute Gasteiger partial charge is 0.394 e. The Kier molecular flexibility index (Phi) is 4.67. The van der Waals surface area contributed by atoms with E-state index in [1.807, 2.05) is 12.1 Å². The van der Waals surface area contributed by atoms with Gasteiger partial charge in [-0.15, -0.1) is 0 Å². The minimum atomic E-state index is -0.243. The molecule has 4 heteroatoms. The van der Waals surface area contributed by atoms with Crippen molar-refractivity contribution in [2.24, 2.45) is 0 Å². The summed E-state index contributed by atoms with van der Waals surface area (Å²) in [5.74, 6) is -0.201. The van der Waals surface area contributed by atoms with Crippen LogP contribution in [-0.2, 0) is 11.3 Å². The van der Waals surface area contributed by atoms with Crippen LogP contribution in [0.25, 0.3) is 27.9 Å². The number of aromatic nitrogens is 1. The summed E-state index contributed by atoms with van der Waals surface area (Å²) in [6.45, 7) is 4.76. The van der Waals surface area contributed by atoms with Gasteiger partial charge in [0.25, 0.3) is 0 Å². The number of aliphatic hydroxyl groups excluding tert-OH is 1. The topological polar surface area (TPSA) is 54.3 Å². The SMILES string of the molecule is CCn1c2ccccc2c2cc(C=CC(=O)NC(C)CO)ccc21. The summed E-state index contributed by atoms with van der Waals surface area (Å²) < 4.78 is 2.30. The lowest BCUT2D eigenvalue weighted by Crippen LogP contribution is -2.33. The highest BCUT2D eigenvalue weighted by Crippen LogP contribution is 2.29. The fourth-order valence-electron chi connectivity index (χ4n) is 3.02. The van der Waals surface area contributed by atoms with E-state index in [9.17, 15) is 4.79 Å². The van der Waals surface area contributed by atoms with Gasteiger partial charge in [0, 0.05) is 40.5 Å². The van der Waals surface area contributed by atoms with Crippen molar-refractivity contribution in [1.82, 2.24) is 9.88 Å². The molecular weight excluding hydrogens is 300 g/mol. The monoisotopic (exact) mass is 322 g/mol. The molecule has 0 radical (unpaired) electrons. The first-order chi connectivity index (χ1) is 11.6. The number of hydrogen-bond acceptors (Lipinski definition) is 2. The van der Waals surface area contributed by atoms with Gasteiger partial charge in [-0.2, -0.15) is 0 Å². The van der Waals surface area contributed by atoms with Gasteiger partial charge in [0.2, 0.25) is 5.91 Å². The molecule has 0 spiro atoms. The van der Waals surface area contributed by atoms with Crippen molar-refractivity contribution in [2.75, 3.05) is 6.61 Å². The number of aryl methyl sites for hydroxylation is 1. The van der Waals surface area contributed by atoms with Crippen LogP contribution in [0.3, 0.4) is 0 Å². The first kappa shape index (κ1) is 16.3. The summed E-state index contributed by atoms with van der Waals surface area (Å²) in [4.78, 5) is 11.8. The average molecular weight is 322 g/mol. The highest BCUT2D eigenvalue weighted by atomic mass is 16.3. The van der Waals surface area contributed by atoms with Gasteiger partial charge in [0.1, 0.15) is 0 Å². The third-order valence-corrected chi connectivity index (χ3v) is 4.20. The molecule has 0 saturated carbocycles. The van der Waals surface area contributed by atoms with E-state index in [1.165, 1.54) is 27.9 Å². The molecule has 0 bridgehead atoms. The van der Waals surface area contributed by atoms with Crippen molar-refractivity contribution in [1.29, 1.82) is 0 Å². The van der Waals surface area contributed by atoms with Crippen molar-refractivity contribution in [3.8, 4) is 0 Å². The summed E-state index contributed by atoms with van der Waals surface area (Å²) in [6, 6.07) is 14.4. The number of carbonyl (C=O) groups excluding carboxylic acids is 1. The number of amides is 1. The molecule has 1 unspecified atom stereocenters. The van der Waals surface area contributed by atoms with Gasteiger partial charge in [-0.25, -0.2) is 0 Å². The van der Waals surface area contributed by atoms with Crippen LogP contribution in [0.4, 0.5) is 0 Å². The molecule has 4 nitrogen and oxygen atoms in total. The van der Waals surface area contributed by atoms with Crippen molar-refractivity contribution in [3.05, 3.63) is 54.1 Å². The predicted molar refractivity (Wildman–Crippen MR) is 98.8 cm³/mol. The van der Waals surface area contributed by atoms with E-state index in [0.717, 1.165) is 12.1 Å². The predicted octanol–water partition coefficient (Wildman–Crippen LogP) is 3.32. The lowest BCUT2D eigenvalue weighted by molar-refractivity contribution is -0.117. The minimum absolute atomic E-state index is 0.0674. The normalized spacial score (nSPS) is 13.0. The van der Waals surface area contributed by atoms with Crippen molar-refractivity contribution in [3.63, 3.8) is 0 Å². The first-order valence-electron chi connectivity index (χ1n) is 8.24. The van der Waals surface area contributed by atoms with Gasteiger partial charge in [-0.1, -0.05) is 24.3 Å². The molecule has 0 aliphatic rings. The van der Waals surface area contributed by atoms with E-state index in [-0.39, 0.29) is 18.6 Å². The Bertz CT molecular complexity index is 909. The summed E-state index contributed by atoms with van der Waals surface area (Å²) in [6.07, 6.45) is 3.31. The second-order valence-electron chi connectivity index (χ2n) is 5.96. The van der Waals surface area contributed by atoms with Crippen LogP contribution < -0.4 is 5.32 Å². The van der Waals surface area contributed by atoms with Crippen molar-refractivity contribution in [2.45, 2.75) is 26.4 Å². The quantitative estimate of drug-likeness (QED) is 0.708. The van der Waals surface area contributed by atoms with Gasteiger partial charge in [0.05, 0.1) is 6.61 Å². The molecule has 0 fully saturated rings. The average Bonchev–Trinajstić information content (AvgIpc) is 2.93. The maximum absolute atomic E-state index is 11.8. The summed E-state index contributed by atoms with van der Waals surface area (Å²) in [7, 11) is 0. The maximum Gasteiger partial charge on any atom is 0.244 e. The van der Waals surface area contributed by atoms with E-state index in [0.29, 0.717) is 0 Å². The fraction of sp³-hybridized carbons (Fsp3) is 0.250. The molecule has 24 heavy (non-hydrogen) atoms. The zero-order valence-electron chi connectivity index (χ0n) is 14.0. The number of rotatable bonds is 5. The van der Waals surface area contributed by atoms with Crippen LogP contribution in [0.1, 0.15) is 19.4 Å². The van der Waals surface area contributed by atoms with Crippen LogP contribution in [0.5, 0.6) is 0 Å². The third kappa shape index (κ3) is 3.05. The molecule has 1 aromatic heterocycles. The molecule has 0 saturated heterocycles. The molecule has 3 rings (SSSR count). The number of aliphatic hydroxyl groups is 1. The molecular formula is C20H22N2O2. The molecule has 2 aromatic carbocycles. The molecule has 0 aliphatic heterocycles. The van der Waals surface area contributed by atoms with E-state index < -0.39 is 0 Å². The lowest BCUT2D eigenvalue weighted by Gasteiger charge is -2.07. The minimum Gasteiger partial charge on any atom is -0.394 e. The van der Waals surface area contributed by atoms with Crippen LogP contribution in [-0.4, -0.2) is 28.2 Å². The summed E-state index contributed by atoms with van der Waals surface area (Å²) >= 11 is 0. The molecule has 0 aliphatic carbocycles. The molecule has 1 heterocycles. The second kappa shape index (κ2) is 6.89. The standard InChI is InChI=1S/C20H22N2O2/c1-3-22-18-7-5-4-6-16(18)17-12-15(8-10-19(17)22)9-11-20(24)21-14(2)13-23/h4-12,14,23H,3,13H2,1-2H3,(H,21,24). The van der Waals surface area contributed by atoms with Gasteiger partial charge >= 0.3 is 0 Å². The van der Waals surface area contributed by atoms with Gasteiger partial charge in [-0.05, 0) is 43.7 Å². The van der Waals surface area contributed by atoms with Crippen LogP contribution in [0.15, 0.2) is 48.5 Å². The molecule has 3 aromatic rings. The van der Waals surface area contributed by atoms with Crippen LogP contribution in [0, 0.1) is 0 Å². The van der Waals surface area contributed by atoms with E-state index >= 15 is 0 Å². The third-order valence-electron chi connectivity index (χ3n) is 4.20. The number of hydrogen-bond donors (Lipinski definition) is 2. The van der Waals surface area contributed by atoms with Gasteiger partial charge < -0.3 is 15.0 Å². The van der Waals surface area contributed by atoms with Gasteiger partial charge in [0.15, 0.2) is 0 Å². The molecule has 1 amide bonds. The Morgan fingerprint density at radius 3 is 2.71 bits per heavy atom. The Morgan fingerprint density at radius 2 is 1.96 bits per heavy atom. The number of carbonyl (C=O) groups is 1. The smallest absolute Gasteiger partial charge is 0.244 e. The number of nitrogens with one attached hydrogen (secondary N) is 1. The zero-order valence-corrected chi connectivity index (χ0v) is 14.0. The Balaban J connectivity index is 1.97. The van der Waals surface area contributed by atoms with Crippen LogP contribution >= 0.6 is 0 Å². The Hall–Kier alpha value is -2.59. The van der Waals surface area contributed by atoms with Crippen LogP contribution in [0.2, 0.25) is 0 Å². The highest BCUT2D eigenvalue weighted by molar-refractivity contribution is 6.08. The van der Waals surface area contributed by atoms with Crippen molar-refractivity contribution >= 4 is 33.8 Å². The highest BCUT2D eigenvalue weighted by Gasteiger charge is 2.09. The van der Waals surface area contributed by atoms with E-state index in [2.05, 4.69) is 47.1 Å². The zero-order chi connectivity index (χ0) is 17.1. The number of fused-ring (bicyclic) bond motifs is 3. The summed E-state index contributed by atoms with van der Waals surface area (Å²) in [5, 5.41) is 14.1. The maximum atomic E-state index is 11.8. The molecule has 124 valence electrons. The van der Waals surface area contributed by atoms with E-state index in [1.54, 1.807) is 13.0 Å². The van der Waals surface area contributed by atoms with Crippen molar-refractivity contribution < 1.29 is 9.90 Å². The van der Waals surface area contributed by atoms with Gasteiger partial charge in [-0.3, -0.25) is 4.79 Å².